The van der Waals surface area contributed by atoms with Gasteiger partial charge in [-0.25, -0.2) is 4.79 Å². The zero-order valence-corrected chi connectivity index (χ0v) is 12.8. The molecule has 1 rings (SSSR count). The van der Waals surface area contributed by atoms with E-state index in [2.05, 4.69) is 5.32 Å². The fraction of sp³-hybridized carbons (Fsp3) is 0.857. The van der Waals surface area contributed by atoms with Crippen LogP contribution in [0.1, 0.15) is 39.0 Å². The van der Waals surface area contributed by atoms with Crippen LogP contribution in [0.5, 0.6) is 0 Å². The van der Waals surface area contributed by atoms with Crippen LogP contribution in [0, 0.1) is 0 Å². The highest BCUT2D eigenvalue weighted by Crippen LogP contribution is 2.35. The second kappa shape index (κ2) is 7.47. The third-order valence-electron chi connectivity index (χ3n) is 3.77. The Kier molecular flexibility index (Phi) is 6.26. The number of amides is 2. The maximum Gasteiger partial charge on any atom is 0.317 e. The van der Waals surface area contributed by atoms with Crippen LogP contribution in [-0.2, 0) is 4.79 Å². The molecule has 0 unspecified atom stereocenters. The number of nitrogens with zero attached hydrogens (tertiary/aromatic N) is 2. The summed E-state index contributed by atoms with van der Waals surface area (Å²) in [7, 11) is 3.94. The average molecular weight is 285 g/mol. The van der Waals surface area contributed by atoms with Gasteiger partial charge in [-0.1, -0.05) is 6.92 Å². The Morgan fingerprint density at radius 2 is 1.85 bits per heavy atom. The fourth-order valence-corrected chi connectivity index (χ4v) is 2.45. The molecule has 0 spiro atoms. The smallest absolute Gasteiger partial charge is 0.317 e. The Labute approximate surface area is 121 Å². The number of carbonyl (C=O) groups excluding carboxylic acids is 1. The molecule has 0 bridgehead atoms. The number of urea groups is 1. The Hall–Kier alpha value is -1.30. The monoisotopic (exact) mass is 285 g/mol. The third kappa shape index (κ3) is 5.00. The van der Waals surface area contributed by atoms with E-state index in [9.17, 15) is 9.59 Å². The minimum atomic E-state index is -0.847. The van der Waals surface area contributed by atoms with Crippen LogP contribution in [0.3, 0.4) is 0 Å². The van der Waals surface area contributed by atoms with Crippen LogP contribution in [0.4, 0.5) is 4.79 Å². The molecule has 0 aliphatic heterocycles. The van der Waals surface area contributed by atoms with Gasteiger partial charge in [0.25, 0.3) is 0 Å². The molecule has 1 saturated carbocycles. The van der Waals surface area contributed by atoms with Gasteiger partial charge < -0.3 is 20.2 Å². The highest BCUT2D eigenvalue weighted by Gasteiger charge is 2.41. The van der Waals surface area contributed by atoms with Gasteiger partial charge in [0.2, 0.25) is 0 Å². The SMILES string of the molecule is CCCN(CCN(C)C)C(=O)NC1(CC(=O)O)CCC1. The van der Waals surface area contributed by atoms with Crippen molar-refractivity contribution >= 4 is 12.0 Å². The van der Waals surface area contributed by atoms with E-state index in [1.54, 1.807) is 4.90 Å². The lowest BCUT2D eigenvalue weighted by atomic mass is 9.74. The van der Waals surface area contributed by atoms with Crippen molar-refractivity contribution in [1.82, 2.24) is 15.1 Å². The first-order chi connectivity index (χ1) is 9.38. The van der Waals surface area contributed by atoms with Gasteiger partial charge in [0.1, 0.15) is 0 Å². The highest BCUT2D eigenvalue weighted by molar-refractivity contribution is 5.77. The standard InChI is InChI=1S/C14H27N3O3/c1-4-8-17(10-9-16(2)3)13(20)15-14(6-5-7-14)11-12(18)19/h4-11H2,1-3H3,(H,15,20)(H,18,19). The van der Waals surface area contributed by atoms with Gasteiger partial charge in [-0.3, -0.25) is 4.79 Å². The zero-order valence-electron chi connectivity index (χ0n) is 12.8. The van der Waals surface area contributed by atoms with E-state index in [0.717, 1.165) is 32.2 Å². The average Bonchev–Trinajstić information content (AvgIpc) is 2.30. The highest BCUT2D eigenvalue weighted by atomic mass is 16.4. The first-order valence-corrected chi connectivity index (χ1v) is 7.32. The quantitative estimate of drug-likeness (QED) is 0.706. The number of aliphatic carboxylic acids is 1. The molecule has 2 N–H and O–H groups in total. The maximum absolute atomic E-state index is 12.3. The number of rotatable bonds is 8. The summed E-state index contributed by atoms with van der Waals surface area (Å²) in [6.07, 6.45) is 3.43. The number of carbonyl (C=O) groups is 2. The van der Waals surface area contributed by atoms with Crippen LogP contribution >= 0.6 is 0 Å². The first-order valence-electron chi connectivity index (χ1n) is 7.32. The topological polar surface area (TPSA) is 72.9 Å². The summed E-state index contributed by atoms with van der Waals surface area (Å²) in [5.74, 6) is -0.847. The Morgan fingerprint density at radius 3 is 2.25 bits per heavy atom. The lowest BCUT2D eigenvalue weighted by Crippen LogP contribution is -2.58. The second-order valence-corrected chi connectivity index (χ2v) is 5.92. The van der Waals surface area contributed by atoms with E-state index in [4.69, 9.17) is 5.11 Å². The Morgan fingerprint density at radius 1 is 1.20 bits per heavy atom. The van der Waals surface area contributed by atoms with Gasteiger partial charge in [-0.05, 0) is 39.8 Å². The summed E-state index contributed by atoms with van der Waals surface area (Å²) in [5.41, 5.74) is -0.521. The van der Waals surface area contributed by atoms with E-state index in [-0.39, 0.29) is 12.5 Å². The molecule has 0 aromatic heterocycles. The largest absolute Gasteiger partial charge is 0.481 e. The van der Waals surface area contributed by atoms with E-state index in [1.165, 1.54) is 0 Å². The van der Waals surface area contributed by atoms with Gasteiger partial charge >= 0.3 is 12.0 Å². The van der Waals surface area contributed by atoms with Crippen LogP contribution in [0.15, 0.2) is 0 Å². The summed E-state index contributed by atoms with van der Waals surface area (Å²) in [5, 5.41) is 11.9. The minimum Gasteiger partial charge on any atom is -0.481 e. The molecule has 0 aromatic carbocycles. The van der Waals surface area contributed by atoms with Crippen molar-refractivity contribution in [2.24, 2.45) is 0 Å². The summed E-state index contributed by atoms with van der Waals surface area (Å²) < 4.78 is 0. The molecule has 2 amide bonds. The molecular weight excluding hydrogens is 258 g/mol. The molecule has 0 heterocycles. The van der Waals surface area contributed by atoms with Crippen molar-refractivity contribution in [3.8, 4) is 0 Å². The van der Waals surface area contributed by atoms with Gasteiger partial charge in [-0.2, -0.15) is 0 Å². The molecule has 0 saturated heterocycles. The number of hydrogen-bond donors (Lipinski definition) is 2. The summed E-state index contributed by atoms with van der Waals surface area (Å²) in [6.45, 7) is 4.20. The zero-order chi connectivity index (χ0) is 15.2. The Balaban J connectivity index is 2.57. The molecule has 1 aliphatic carbocycles. The molecule has 116 valence electrons. The number of carboxylic acid groups (broad SMARTS) is 1. The number of nitrogens with one attached hydrogen (secondary N) is 1. The number of carboxylic acids is 1. The van der Waals surface area contributed by atoms with Crippen LogP contribution in [-0.4, -0.2) is 66.2 Å². The van der Waals surface area contributed by atoms with Crippen molar-refractivity contribution in [2.45, 2.75) is 44.6 Å². The predicted octanol–water partition coefficient (Wildman–Crippen LogP) is 1.37. The van der Waals surface area contributed by atoms with E-state index in [0.29, 0.717) is 13.1 Å². The lowest BCUT2D eigenvalue weighted by molar-refractivity contribution is -0.139. The second-order valence-electron chi connectivity index (χ2n) is 5.92. The molecule has 0 aromatic rings. The molecule has 6 nitrogen and oxygen atoms in total. The molecular formula is C14H27N3O3. The van der Waals surface area contributed by atoms with Gasteiger partial charge in [0.05, 0.1) is 12.0 Å². The normalized spacial score (nSPS) is 16.6. The number of likely N-dealkylation sites (N-methyl/N-ethyl adjacent to an activating group) is 1. The predicted molar refractivity (Wildman–Crippen MR) is 77.8 cm³/mol. The van der Waals surface area contributed by atoms with E-state index < -0.39 is 11.5 Å². The van der Waals surface area contributed by atoms with Crippen molar-refractivity contribution in [3.05, 3.63) is 0 Å². The fourth-order valence-electron chi connectivity index (χ4n) is 2.45. The molecule has 0 radical (unpaired) electrons. The van der Waals surface area contributed by atoms with Gasteiger partial charge in [-0.15, -0.1) is 0 Å². The summed E-state index contributed by atoms with van der Waals surface area (Å²) in [6, 6.07) is -0.130. The molecule has 6 heteroatoms. The van der Waals surface area contributed by atoms with Crippen LogP contribution in [0.25, 0.3) is 0 Å². The van der Waals surface area contributed by atoms with Crippen molar-refractivity contribution in [3.63, 3.8) is 0 Å². The van der Waals surface area contributed by atoms with Crippen LogP contribution < -0.4 is 5.32 Å². The summed E-state index contributed by atoms with van der Waals surface area (Å²) >= 11 is 0. The van der Waals surface area contributed by atoms with Gasteiger partial charge in [0, 0.05) is 19.6 Å². The minimum absolute atomic E-state index is 0.0202. The Bertz CT molecular complexity index is 341. The third-order valence-corrected chi connectivity index (χ3v) is 3.77. The van der Waals surface area contributed by atoms with E-state index in [1.807, 2.05) is 25.9 Å². The maximum atomic E-state index is 12.3. The van der Waals surface area contributed by atoms with Crippen molar-refractivity contribution in [1.29, 1.82) is 0 Å². The lowest BCUT2D eigenvalue weighted by Gasteiger charge is -2.42. The molecule has 0 atom stereocenters. The van der Waals surface area contributed by atoms with Gasteiger partial charge in [0.15, 0.2) is 0 Å². The van der Waals surface area contributed by atoms with E-state index >= 15 is 0 Å². The number of hydrogen-bond acceptors (Lipinski definition) is 3. The van der Waals surface area contributed by atoms with Crippen molar-refractivity contribution in [2.75, 3.05) is 33.7 Å². The summed E-state index contributed by atoms with van der Waals surface area (Å²) in [4.78, 5) is 27.1. The molecule has 1 aliphatic rings. The van der Waals surface area contributed by atoms with Crippen molar-refractivity contribution < 1.29 is 14.7 Å². The van der Waals surface area contributed by atoms with Crippen LogP contribution in [0.2, 0.25) is 0 Å². The molecule has 1 fully saturated rings. The first kappa shape index (κ1) is 16.8. The molecule has 20 heavy (non-hydrogen) atoms.